The molecule has 124 valence electrons. The number of carbonyl (C=O) groups is 1. The molecular weight excluding hydrogens is 304 g/mol. The minimum absolute atomic E-state index is 0.211. The first-order valence-corrected chi connectivity index (χ1v) is 9.89. The average molecular weight is 328 g/mol. The van der Waals surface area contributed by atoms with Gasteiger partial charge in [-0.1, -0.05) is 0 Å². The van der Waals surface area contributed by atoms with Crippen LogP contribution in [0.2, 0.25) is 0 Å². The molecule has 0 aromatic carbocycles. The number of nitrogens with zero attached hydrogens (tertiary/aromatic N) is 1. The van der Waals surface area contributed by atoms with Gasteiger partial charge in [0, 0.05) is 6.54 Å². The van der Waals surface area contributed by atoms with Crippen LogP contribution in [0.5, 0.6) is 0 Å². The lowest BCUT2D eigenvalue weighted by molar-refractivity contribution is -0.163. The van der Waals surface area contributed by atoms with E-state index in [0.29, 0.717) is 44.4 Å². The van der Waals surface area contributed by atoms with Crippen molar-refractivity contribution in [2.75, 3.05) is 19.7 Å². The van der Waals surface area contributed by atoms with E-state index in [0.717, 1.165) is 6.42 Å². The van der Waals surface area contributed by atoms with E-state index in [-0.39, 0.29) is 11.5 Å². The van der Waals surface area contributed by atoms with Gasteiger partial charge in [0.05, 0.1) is 18.8 Å². The van der Waals surface area contributed by atoms with Crippen molar-refractivity contribution >= 4 is 15.9 Å². The maximum absolute atomic E-state index is 12.9. The van der Waals surface area contributed by atoms with Crippen LogP contribution in [0, 0.1) is 11.8 Å². The molecule has 0 aromatic rings. The molecule has 2 N–H and O–H groups in total. The predicted molar refractivity (Wildman–Crippen MR) is 80.4 cm³/mol. The van der Waals surface area contributed by atoms with E-state index < -0.39 is 14.8 Å². The molecule has 0 unspecified atom stereocenters. The minimum atomic E-state index is -3.85. The predicted octanol–water partition coefficient (Wildman–Crippen LogP) is 0.615. The van der Waals surface area contributed by atoms with Crippen molar-refractivity contribution in [3.8, 4) is 0 Å². The number of rotatable bonds is 4. The van der Waals surface area contributed by atoms with Crippen molar-refractivity contribution < 1.29 is 17.9 Å². The first-order chi connectivity index (χ1) is 10.4. The lowest BCUT2D eigenvalue weighted by Gasteiger charge is -2.48. The molecule has 0 atom stereocenters. The van der Waals surface area contributed by atoms with Gasteiger partial charge in [0.2, 0.25) is 15.9 Å². The van der Waals surface area contributed by atoms with Gasteiger partial charge in [-0.05, 0) is 56.8 Å². The number of amides is 1. The van der Waals surface area contributed by atoms with Crippen LogP contribution in [-0.4, -0.2) is 49.3 Å². The van der Waals surface area contributed by atoms with Gasteiger partial charge >= 0.3 is 0 Å². The SMILES string of the molecule is NS(=O)(=O)C1(C(=O)N2CCOC(C3CC3)(C3CC3)C2)CCC1. The monoisotopic (exact) mass is 328 g/mol. The smallest absolute Gasteiger partial charge is 0.245 e. The number of hydrogen-bond donors (Lipinski definition) is 1. The maximum Gasteiger partial charge on any atom is 0.245 e. The highest BCUT2D eigenvalue weighted by molar-refractivity contribution is 7.91. The molecule has 1 aliphatic heterocycles. The minimum Gasteiger partial charge on any atom is -0.371 e. The van der Waals surface area contributed by atoms with Gasteiger partial charge in [-0.3, -0.25) is 4.79 Å². The van der Waals surface area contributed by atoms with Gasteiger partial charge in [-0.2, -0.15) is 0 Å². The fourth-order valence-electron chi connectivity index (χ4n) is 4.32. The molecule has 6 nitrogen and oxygen atoms in total. The molecule has 1 saturated heterocycles. The molecule has 3 saturated carbocycles. The first kappa shape index (κ1) is 14.9. The summed E-state index contributed by atoms with van der Waals surface area (Å²) in [7, 11) is -3.85. The van der Waals surface area contributed by atoms with Crippen molar-refractivity contribution in [1.29, 1.82) is 0 Å². The summed E-state index contributed by atoms with van der Waals surface area (Å²) in [6.07, 6.45) is 6.14. The lowest BCUT2D eigenvalue weighted by Crippen LogP contribution is -2.65. The molecule has 1 heterocycles. The summed E-state index contributed by atoms with van der Waals surface area (Å²) in [5.41, 5.74) is -0.211. The first-order valence-electron chi connectivity index (χ1n) is 8.35. The van der Waals surface area contributed by atoms with E-state index in [4.69, 9.17) is 9.88 Å². The fraction of sp³-hybridized carbons (Fsp3) is 0.933. The lowest BCUT2D eigenvalue weighted by atomic mass is 9.82. The van der Waals surface area contributed by atoms with Gasteiger partial charge in [0.15, 0.2) is 4.75 Å². The van der Waals surface area contributed by atoms with Gasteiger partial charge in [-0.25, -0.2) is 13.6 Å². The van der Waals surface area contributed by atoms with E-state index in [1.54, 1.807) is 4.90 Å². The van der Waals surface area contributed by atoms with Crippen LogP contribution in [-0.2, 0) is 19.6 Å². The second-order valence-corrected chi connectivity index (χ2v) is 9.34. The van der Waals surface area contributed by atoms with Crippen LogP contribution in [0.4, 0.5) is 0 Å². The number of ether oxygens (including phenoxy) is 1. The number of morpholine rings is 1. The van der Waals surface area contributed by atoms with Crippen LogP contribution in [0.15, 0.2) is 0 Å². The summed E-state index contributed by atoms with van der Waals surface area (Å²) in [4.78, 5) is 14.7. The van der Waals surface area contributed by atoms with Gasteiger partial charge in [0.1, 0.15) is 0 Å². The molecule has 7 heteroatoms. The molecule has 4 rings (SSSR count). The van der Waals surface area contributed by atoms with Gasteiger partial charge in [0.25, 0.3) is 0 Å². The van der Waals surface area contributed by atoms with Crippen molar-refractivity contribution in [2.45, 2.75) is 55.3 Å². The Morgan fingerprint density at radius 1 is 1.14 bits per heavy atom. The Hall–Kier alpha value is -0.660. The average Bonchev–Trinajstić information content (AvgIpc) is 3.27. The second kappa shape index (κ2) is 4.68. The van der Waals surface area contributed by atoms with E-state index in [1.807, 2.05) is 0 Å². The van der Waals surface area contributed by atoms with Gasteiger partial charge in [-0.15, -0.1) is 0 Å². The third kappa shape index (κ3) is 2.05. The molecule has 4 aliphatic rings. The number of carbonyl (C=O) groups excluding carboxylic acids is 1. The molecule has 0 aromatic heterocycles. The van der Waals surface area contributed by atoms with E-state index >= 15 is 0 Å². The summed E-state index contributed by atoms with van der Waals surface area (Å²) < 4.78 is 28.8. The normalized spacial score (nSPS) is 30.7. The Morgan fingerprint density at radius 2 is 1.73 bits per heavy atom. The van der Waals surface area contributed by atoms with E-state index in [2.05, 4.69) is 0 Å². The maximum atomic E-state index is 12.9. The standard InChI is InChI=1S/C15H24N2O4S/c16-22(19,20)14(6-1-7-14)13(18)17-8-9-21-15(10-17,11-2-3-11)12-4-5-12/h11-12H,1-10H2,(H2,16,19,20). The number of sulfonamides is 1. The van der Waals surface area contributed by atoms with Crippen molar-refractivity contribution in [3.05, 3.63) is 0 Å². The summed E-state index contributed by atoms with van der Waals surface area (Å²) >= 11 is 0. The van der Waals surface area contributed by atoms with E-state index in [9.17, 15) is 13.2 Å². The van der Waals surface area contributed by atoms with Crippen LogP contribution in [0.1, 0.15) is 44.9 Å². The summed E-state index contributed by atoms with van der Waals surface area (Å²) in [5.74, 6) is 0.806. The summed E-state index contributed by atoms with van der Waals surface area (Å²) in [6, 6.07) is 0. The number of primary sulfonamides is 1. The van der Waals surface area contributed by atoms with Crippen LogP contribution in [0.25, 0.3) is 0 Å². The number of nitrogens with two attached hydrogens (primary N) is 1. The molecule has 0 bridgehead atoms. The third-order valence-corrected chi connectivity index (χ3v) is 7.76. The molecule has 22 heavy (non-hydrogen) atoms. The molecular formula is C15H24N2O4S. The van der Waals surface area contributed by atoms with E-state index in [1.165, 1.54) is 25.7 Å². The fourth-order valence-corrected chi connectivity index (χ4v) is 5.55. The zero-order valence-electron chi connectivity index (χ0n) is 12.8. The molecule has 0 radical (unpaired) electrons. The number of hydrogen-bond acceptors (Lipinski definition) is 4. The Morgan fingerprint density at radius 3 is 2.14 bits per heavy atom. The third-order valence-electron chi connectivity index (χ3n) is 6.09. The van der Waals surface area contributed by atoms with Crippen molar-refractivity contribution in [3.63, 3.8) is 0 Å². The second-order valence-electron chi connectivity index (χ2n) is 7.47. The Labute approximate surface area is 131 Å². The Kier molecular flexibility index (Phi) is 3.17. The summed E-state index contributed by atoms with van der Waals surface area (Å²) in [6.45, 7) is 1.55. The molecule has 4 fully saturated rings. The highest BCUT2D eigenvalue weighted by Crippen LogP contribution is 2.55. The Balaban J connectivity index is 1.58. The highest BCUT2D eigenvalue weighted by Gasteiger charge is 2.61. The highest BCUT2D eigenvalue weighted by atomic mass is 32.2. The molecule has 0 spiro atoms. The quantitative estimate of drug-likeness (QED) is 0.819. The molecule has 3 aliphatic carbocycles. The van der Waals surface area contributed by atoms with Gasteiger partial charge < -0.3 is 9.64 Å². The summed E-state index contributed by atoms with van der Waals surface area (Å²) in [5, 5.41) is 5.39. The van der Waals surface area contributed by atoms with Crippen LogP contribution >= 0.6 is 0 Å². The zero-order valence-corrected chi connectivity index (χ0v) is 13.6. The zero-order chi connectivity index (χ0) is 15.6. The topological polar surface area (TPSA) is 89.7 Å². The molecule has 1 amide bonds. The van der Waals surface area contributed by atoms with Crippen molar-refractivity contribution in [1.82, 2.24) is 4.90 Å². The largest absolute Gasteiger partial charge is 0.371 e. The van der Waals surface area contributed by atoms with Crippen LogP contribution in [0.3, 0.4) is 0 Å². The van der Waals surface area contributed by atoms with Crippen molar-refractivity contribution in [2.24, 2.45) is 17.0 Å². The van der Waals surface area contributed by atoms with Crippen LogP contribution < -0.4 is 5.14 Å². The Bertz CT molecular complexity index is 579.